The molecule has 0 heterocycles. The van der Waals surface area contributed by atoms with E-state index in [4.69, 9.17) is 0 Å². The number of hydrogen-bond donors (Lipinski definition) is 0. The molecule has 0 spiro atoms. The molecule has 0 aromatic heterocycles. The van der Waals surface area contributed by atoms with Gasteiger partial charge in [0.1, 0.15) is 24.7 Å². The molecule has 0 aliphatic heterocycles. The van der Waals surface area contributed by atoms with Gasteiger partial charge in [-0.3, -0.25) is 0 Å². The summed E-state index contributed by atoms with van der Waals surface area (Å²) in [6.07, 6.45) is 9.19. The summed E-state index contributed by atoms with van der Waals surface area (Å²) in [5, 5.41) is 0. The number of rotatable bonds is 6. The Morgan fingerprint density at radius 1 is 0.485 bits per heavy atom. The second-order valence-electron chi connectivity index (χ2n) is 12.3. The summed E-state index contributed by atoms with van der Waals surface area (Å²) in [6, 6.07) is 0. The van der Waals surface area contributed by atoms with E-state index in [1.807, 2.05) is 6.92 Å². The summed E-state index contributed by atoms with van der Waals surface area (Å²) in [6.45, 7) is 4.18. The van der Waals surface area contributed by atoms with E-state index in [2.05, 4.69) is 6.92 Å². The maximum absolute atomic E-state index is 15.4. The summed E-state index contributed by atoms with van der Waals surface area (Å²) in [5.74, 6) is 1.07. The fourth-order valence-electron chi connectivity index (χ4n) is 8.63. The molecule has 0 bridgehead atoms. The lowest BCUT2D eigenvalue weighted by molar-refractivity contribution is -0.0467. The van der Waals surface area contributed by atoms with Gasteiger partial charge in [0, 0.05) is 0 Å². The van der Waals surface area contributed by atoms with E-state index in [-0.39, 0.29) is 35.5 Å². The molecule has 4 aliphatic carbocycles. The van der Waals surface area contributed by atoms with E-state index < -0.39 is 24.7 Å². The fourth-order valence-corrected chi connectivity index (χ4v) is 8.63. The maximum atomic E-state index is 15.4. The van der Waals surface area contributed by atoms with Crippen LogP contribution < -0.4 is 0 Å². The zero-order valence-corrected chi connectivity index (χ0v) is 21.0. The predicted octanol–water partition coefficient (Wildman–Crippen LogP) is 9.21. The van der Waals surface area contributed by atoms with Crippen molar-refractivity contribution < 1.29 is 17.6 Å². The zero-order chi connectivity index (χ0) is 23.5. The van der Waals surface area contributed by atoms with Crippen molar-refractivity contribution in [1.82, 2.24) is 0 Å². The summed E-state index contributed by atoms with van der Waals surface area (Å²) in [4.78, 5) is 0. The minimum Gasteiger partial charge on any atom is -0.244 e. The molecule has 0 amide bonds. The third kappa shape index (κ3) is 5.60. The van der Waals surface area contributed by atoms with Crippen LogP contribution in [0.15, 0.2) is 0 Å². The van der Waals surface area contributed by atoms with Crippen molar-refractivity contribution in [2.24, 2.45) is 47.3 Å². The normalized spacial score (nSPS) is 49.6. The van der Waals surface area contributed by atoms with Gasteiger partial charge in [0.2, 0.25) is 0 Å². The second kappa shape index (κ2) is 11.6. The minimum absolute atomic E-state index is 0.0855. The first-order valence-electron chi connectivity index (χ1n) is 14.5. The van der Waals surface area contributed by atoms with Gasteiger partial charge in [0.25, 0.3) is 0 Å². The van der Waals surface area contributed by atoms with Gasteiger partial charge in [-0.2, -0.15) is 0 Å². The lowest BCUT2D eigenvalue weighted by Gasteiger charge is -2.46. The average Bonchev–Trinajstić information content (AvgIpc) is 2.84. The van der Waals surface area contributed by atoms with E-state index >= 15 is 8.78 Å². The van der Waals surface area contributed by atoms with Crippen molar-refractivity contribution in [2.75, 3.05) is 0 Å². The highest BCUT2D eigenvalue weighted by Gasteiger charge is 2.48. The molecule has 4 rings (SSSR count). The first kappa shape index (κ1) is 25.8. The molecular weight excluding hydrogens is 424 g/mol. The molecule has 0 aromatic carbocycles. The Morgan fingerprint density at radius 2 is 0.879 bits per heavy atom. The molecule has 4 saturated carbocycles. The maximum Gasteiger partial charge on any atom is 0.134 e. The van der Waals surface area contributed by atoms with Crippen molar-refractivity contribution in [1.29, 1.82) is 0 Å². The number of alkyl halides is 4. The molecule has 0 N–H and O–H groups in total. The van der Waals surface area contributed by atoms with Crippen molar-refractivity contribution in [3.05, 3.63) is 0 Å². The Labute approximate surface area is 200 Å². The van der Waals surface area contributed by atoms with Gasteiger partial charge in [-0.1, -0.05) is 46.0 Å². The molecule has 0 radical (unpaired) electrons. The van der Waals surface area contributed by atoms with Crippen LogP contribution in [-0.4, -0.2) is 24.7 Å². The molecule has 33 heavy (non-hydrogen) atoms. The first-order chi connectivity index (χ1) is 15.9. The Bertz CT molecular complexity index is 580. The van der Waals surface area contributed by atoms with Crippen LogP contribution in [0.2, 0.25) is 0 Å². The number of halogens is 4. The largest absolute Gasteiger partial charge is 0.244 e. The van der Waals surface area contributed by atoms with Crippen molar-refractivity contribution >= 4 is 0 Å². The van der Waals surface area contributed by atoms with E-state index in [9.17, 15) is 8.78 Å². The van der Waals surface area contributed by atoms with E-state index in [1.54, 1.807) is 0 Å². The van der Waals surface area contributed by atoms with Crippen molar-refractivity contribution in [3.8, 4) is 0 Å². The van der Waals surface area contributed by atoms with Crippen molar-refractivity contribution in [2.45, 2.75) is 135 Å². The van der Waals surface area contributed by atoms with Crippen LogP contribution in [0, 0.1) is 47.3 Å². The SMILES string of the molecule is CCCC1CCC(C2CCC(C3CCC(C4CCC(CC)C(F)C4F)CC3)C(F)C2F)CC1. The van der Waals surface area contributed by atoms with Crippen molar-refractivity contribution in [3.63, 3.8) is 0 Å². The van der Waals surface area contributed by atoms with Crippen LogP contribution in [0.1, 0.15) is 110 Å². The van der Waals surface area contributed by atoms with Gasteiger partial charge in [-0.05, 0) is 112 Å². The second-order valence-corrected chi connectivity index (χ2v) is 12.3. The topological polar surface area (TPSA) is 0 Å². The third-order valence-electron chi connectivity index (χ3n) is 10.7. The fraction of sp³-hybridized carbons (Fsp3) is 1.00. The van der Waals surface area contributed by atoms with Crippen LogP contribution in [0.4, 0.5) is 17.6 Å². The molecule has 0 saturated heterocycles. The molecule has 0 nitrogen and oxygen atoms in total. The lowest BCUT2D eigenvalue weighted by Crippen LogP contribution is -2.46. The quantitative estimate of drug-likeness (QED) is 0.338. The van der Waals surface area contributed by atoms with Gasteiger partial charge in [0.05, 0.1) is 0 Å². The third-order valence-corrected chi connectivity index (χ3v) is 10.7. The Balaban J connectivity index is 1.26. The highest BCUT2D eigenvalue weighted by atomic mass is 19.2. The highest BCUT2D eigenvalue weighted by Crippen LogP contribution is 2.50. The Hall–Kier alpha value is -0.280. The molecule has 8 unspecified atom stereocenters. The van der Waals surface area contributed by atoms with Crippen LogP contribution in [0.5, 0.6) is 0 Å². The standard InChI is InChI=1S/C29H48F4/c1-3-5-18-6-8-20(9-7-18)24-16-17-25(29(33)28(24)32)22-12-10-21(11-13-22)23-15-14-19(4-2)26(30)27(23)31/h18-29H,3-17H2,1-2H3. The average molecular weight is 473 g/mol. The van der Waals surface area contributed by atoms with E-state index in [1.165, 1.54) is 25.7 Å². The highest BCUT2D eigenvalue weighted by molar-refractivity contribution is 4.97. The molecule has 0 aromatic rings. The summed E-state index contributed by atoms with van der Waals surface area (Å²) in [7, 11) is 0. The molecule has 4 aliphatic rings. The number of hydrogen-bond acceptors (Lipinski definition) is 0. The molecule has 8 atom stereocenters. The van der Waals surface area contributed by atoms with E-state index in [0.717, 1.165) is 70.1 Å². The molecule has 4 fully saturated rings. The summed E-state index contributed by atoms with van der Waals surface area (Å²) < 4.78 is 60.1. The van der Waals surface area contributed by atoms with Crippen LogP contribution in [-0.2, 0) is 0 Å². The molecule has 4 heteroatoms. The van der Waals surface area contributed by atoms with Gasteiger partial charge in [-0.15, -0.1) is 0 Å². The van der Waals surface area contributed by atoms with Crippen LogP contribution in [0.3, 0.4) is 0 Å². The van der Waals surface area contributed by atoms with Gasteiger partial charge in [-0.25, -0.2) is 17.6 Å². The van der Waals surface area contributed by atoms with E-state index in [0.29, 0.717) is 12.3 Å². The van der Waals surface area contributed by atoms with Gasteiger partial charge < -0.3 is 0 Å². The molecule has 192 valence electrons. The van der Waals surface area contributed by atoms with Gasteiger partial charge >= 0.3 is 0 Å². The molecular formula is C29H48F4. The summed E-state index contributed by atoms with van der Waals surface area (Å²) in [5.41, 5.74) is 0. The monoisotopic (exact) mass is 472 g/mol. The van der Waals surface area contributed by atoms with Crippen LogP contribution >= 0.6 is 0 Å². The first-order valence-corrected chi connectivity index (χ1v) is 14.5. The van der Waals surface area contributed by atoms with Crippen LogP contribution in [0.25, 0.3) is 0 Å². The smallest absolute Gasteiger partial charge is 0.134 e. The summed E-state index contributed by atoms with van der Waals surface area (Å²) >= 11 is 0. The Kier molecular flexibility index (Phi) is 9.10. The minimum atomic E-state index is -1.34. The lowest BCUT2D eigenvalue weighted by atomic mass is 9.61. The zero-order valence-electron chi connectivity index (χ0n) is 21.0. The predicted molar refractivity (Wildman–Crippen MR) is 128 cm³/mol. The Morgan fingerprint density at radius 3 is 1.30 bits per heavy atom. The van der Waals surface area contributed by atoms with Gasteiger partial charge in [0.15, 0.2) is 0 Å².